The number of hydrogen-bond donors (Lipinski definition) is 0. The molecular weight excluding hydrogens is 444 g/mol. The normalized spacial score (nSPS) is 11.7. The lowest BCUT2D eigenvalue weighted by atomic mass is 10.1. The first-order valence-electron chi connectivity index (χ1n) is 10.0. The Labute approximate surface area is 191 Å². The highest BCUT2D eigenvalue weighted by Crippen LogP contribution is 2.29. The molecule has 164 valence electrons. The number of rotatable bonds is 8. The summed E-state index contributed by atoms with van der Waals surface area (Å²) in [5.41, 5.74) is 1.89. The van der Waals surface area contributed by atoms with Crippen LogP contribution < -0.4 is 4.90 Å². The maximum absolute atomic E-state index is 13.3. The molecule has 0 aliphatic heterocycles. The lowest BCUT2D eigenvalue weighted by Crippen LogP contribution is -2.42. The molecule has 0 N–H and O–H groups in total. The summed E-state index contributed by atoms with van der Waals surface area (Å²) in [7, 11) is -2.44. The van der Waals surface area contributed by atoms with E-state index < -0.39 is 10.0 Å². The third-order valence-corrected chi connectivity index (χ3v) is 7.83. The van der Waals surface area contributed by atoms with Crippen molar-refractivity contribution in [1.82, 2.24) is 14.3 Å². The molecule has 2 aromatic heterocycles. The monoisotopic (exact) mass is 466 g/mol. The smallest absolute Gasteiger partial charge is 0.244 e. The number of para-hydroxylation sites is 1. The van der Waals surface area contributed by atoms with Gasteiger partial charge >= 0.3 is 0 Å². The van der Waals surface area contributed by atoms with Crippen molar-refractivity contribution in [3.8, 4) is 0 Å². The summed E-state index contributed by atoms with van der Waals surface area (Å²) in [6.07, 6.45) is 3.40. The summed E-state index contributed by atoms with van der Waals surface area (Å²) in [5, 5.41) is 0.555. The van der Waals surface area contributed by atoms with Gasteiger partial charge < -0.3 is 0 Å². The molecule has 1 amide bonds. The Hall–Kier alpha value is -3.14. The van der Waals surface area contributed by atoms with Crippen LogP contribution in [0, 0.1) is 0 Å². The first-order valence-corrected chi connectivity index (χ1v) is 12.3. The van der Waals surface area contributed by atoms with Crippen molar-refractivity contribution >= 4 is 42.6 Å². The zero-order valence-corrected chi connectivity index (χ0v) is 19.1. The standard InChI is InChI=1S/C23H22N4O3S2/c1-26(32(29,30)19-10-7-14-24-16-19)17-22(28)27(15-13-18-8-3-2-4-9-18)23-25-20-11-5-6-12-21(20)31-23/h2-12,14,16H,13,15,17H2,1H3. The third kappa shape index (κ3) is 4.85. The number of carbonyl (C=O) groups excluding carboxylic acids is 1. The largest absolute Gasteiger partial charge is 0.287 e. The Morgan fingerprint density at radius 2 is 1.75 bits per heavy atom. The van der Waals surface area contributed by atoms with Crippen LogP contribution in [0.3, 0.4) is 0 Å². The summed E-state index contributed by atoms with van der Waals surface area (Å²) in [6.45, 7) is 0.0887. The van der Waals surface area contributed by atoms with Crippen molar-refractivity contribution in [2.45, 2.75) is 11.3 Å². The van der Waals surface area contributed by atoms with E-state index in [2.05, 4.69) is 9.97 Å². The van der Waals surface area contributed by atoms with Gasteiger partial charge in [-0.2, -0.15) is 4.31 Å². The number of fused-ring (bicyclic) bond motifs is 1. The number of sulfonamides is 1. The molecule has 0 unspecified atom stereocenters. The second-order valence-corrected chi connectivity index (χ2v) is 10.2. The minimum Gasteiger partial charge on any atom is -0.287 e. The van der Waals surface area contributed by atoms with Crippen molar-refractivity contribution in [3.63, 3.8) is 0 Å². The van der Waals surface area contributed by atoms with E-state index >= 15 is 0 Å². The molecule has 2 heterocycles. The maximum Gasteiger partial charge on any atom is 0.244 e. The van der Waals surface area contributed by atoms with Gasteiger partial charge in [0.1, 0.15) is 4.90 Å². The van der Waals surface area contributed by atoms with Gasteiger partial charge in [0.2, 0.25) is 15.9 Å². The van der Waals surface area contributed by atoms with Crippen molar-refractivity contribution in [3.05, 3.63) is 84.7 Å². The molecule has 4 aromatic rings. The number of nitrogens with zero attached hydrogens (tertiary/aromatic N) is 4. The molecule has 0 bridgehead atoms. The average molecular weight is 467 g/mol. The number of amides is 1. The van der Waals surface area contributed by atoms with Gasteiger partial charge in [0.05, 0.1) is 16.8 Å². The first kappa shape index (κ1) is 22.1. The molecule has 32 heavy (non-hydrogen) atoms. The zero-order chi connectivity index (χ0) is 22.6. The van der Waals surface area contributed by atoms with E-state index in [0.717, 1.165) is 20.1 Å². The van der Waals surface area contributed by atoms with Gasteiger partial charge in [0.15, 0.2) is 5.13 Å². The molecular formula is C23H22N4O3S2. The van der Waals surface area contributed by atoms with E-state index in [-0.39, 0.29) is 17.3 Å². The van der Waals surface area contributed by atoms with Crippen LogP contribution in [0.25, 0.3) is 10.2 Å². The van der Waals surface area contributed by atoms with E-state index in [1.54, 1.807) is 11.0 Å². The Kier molecular flexibility index (Phi) is 6.59. The van der Waals surface area contributed by atoms with Crippen LogP contribution >= 0.6 is 11.3 Å². The first-order chi connectivity index (χ1) is 15.4. The van der Waals surface area contributed by atoms with Crippen molar-refractivity contribution < 1.29 is 13.2 Å². The molecule has 0 aliphatic carbocycles. The minimum absolute atomic E-state index is 0.0473. The van der Waals surface area contributed by atoms with Gasteiger partial charge in [0.25, 0.3) is 0 Å². The molecule has 4 rings (SSSR count). The predicted molar refractivity (Wildman–Crippen MR) is 126 cm³/mol. The van der Waals surface area contributed by atoms with Crippen molar-refractivity contribution in [1.29, 1.82) is 0 Å². The molecule has 0 atom stereocenters. The third-order valence-electron chi connectivity index (χ3n) is 4.98. The van der Waals surface area contributed by atoms with Crippen molar-refractivity contribution in [2.75, 3.05) is 25.0 Å². The number of benzene rings is 2. The number of thiazole rings is 1. The van der Waals surface area contributed by atoms with Gasteiger partial charge in [-0.3, -0.25) is 14.7 Å². The Morgan fingerprint density at radius 3 is 2.47 bits per heavy atom. The second-order valence-electron chi connectivity index (χ2n) is 7.19. The highest BCUT2D eigenvalue weighted by atomic mass is 32.2. The molecule has 0 radical (unpaired) electrons. The minimum atomic E-state index is -3.84. The second kappa shape index (κ2) is 9.56. The summed E-state index contributed by atoms with van der Waals surface area (Å²) in [4.78, 5) is 23.4. The van der Waals surface area contributed by atoms with E-state index in [9.17, 15) is 13.2 Å². The topological polar surface area (TPSA) is 83.5 Å². The summed E-state index contributed by atoms with van der Waals surface area (Å²) >= 11 is 1.42. The quantitative estimate of drug-likeness (QED) is 0.396. The summed E-state index contributed by atoms with van der Waals surface area (Å²) in [5.74, 6) is -0.338. The lowest BCUT2D eigenvalue weighted by molar-refractivity contribution is -0.118. The molecule has 0 fully saturated rings. The molecule has 0 saturated heterocycles. The fraction of sp³-hybridized carbons (Fsp3) is 0.174. The summed E-state index contributed by atoms with van der Waals surface area (Å²) < 4.78 is 27.7. The maximum atomic E-state index is 13.3. The van der Waals surface area contributed by atoms with E-state index in [4.69, 9.17) is 0 Å². The van der Waals surface area contributed by atoms with Gasteiger partial charge in [-0.1, -0.05) is 53.8 Å². The van der Waals surface area contributed by atoms with Gasteiger partial charge in [-0.05, 0) is 36.2 Å². The lowest BCUT2D eigenvalue weighted by Gasteiger charge is -2.23. The number of anilines is 1. The average Bonchev–Trinajstić information content (AvgIpc) is 3.24. The highest BCUT2D eigenvalue weighted by molar-refractivity contribution is 7.89. The number of likely N-dealkylation sites (N-methyl/N-ethyl adjacent to an activating group) is 1. The van der Waals surface area contributed by atoms with Crippen LogP contribution in [0.5, 0.6) is 0 Å². The van der Waals surface area contributed by atoms with Gasteiger partial charge in [-0.15, -0.1) is 0 Å². The highest BCUT2D eigenvalue weighted by Gasteiger charge is 2.27. The number of carbonyl (C=O) groups is 1. The molecule has 0 aliphatic rings. The van der Waals surface area contributed by atoms with Crippen LogP contribution in [-0.4, -0.2) is 48.7 Å². The van der Waals surface area contributed by atoms with Crippen molar-refractivity contribution in [2.24, 2.45) is 0 Å². The Bertz CT molecular complexity index is 1280. The molecule has 7 nitrogen and oxygen atoms in total. The van der Waals surface area contributed by atoms with E-state index in [1.807, 2.05) is 54.6 Å². The molecule has 0 spiro atoms. The zero-order valence-electron chi connectivity index (χ0n) is 17.5. The van der Waals surface area contributed by atoms with Crippen LogP contribution in [0.1, 0.15) is 5.56 Å². The van der Waals surface area contributed by atoms with E-state index in [0.29, 0.717) is 18.1 Å². The van der Waals surface area contributed by atoms with E-state index in [1.165, 1.54) is 36.8 Å². The van der Waals surface area contributed by atoms with Gasteiger partial charge in [-0.25, -0.2) is 13.4 Å². The number of aromatic nitrogens is 2. The number of pyridine rings is 1. The Balaban J connectivity index is 1.59. The van der Waals surface area contributed by atoms with Crippen LogP contribution in [-0.2, 0) is 21.2 Å². The number of hydrogen-bond acceptors (Lipinski definition) is 6. The molecule has 0 saturated carbocycles. The molecule has 9 heteroatoms. The van der Waals surface area contributed by atoms with Crippen LogP contribution in [0.2, 0.25) is 0 Å². The summed E-state index contributed by atoms with van der Waals surface area (Å²) in [6, 6.07) is 20.5. The fourth-order valence-corrected chi connectivity index (χ4v) is 5.32. The van der Waals surface area contributed by atoms with Crippen LogP contribution in [0.4, 0.5) is 5.13 Å². The predicted octanol–water partition coefficient (Wildman–Crippen LogP) is 3.59. The molecule has 2 aromatic carbocycles. The van der Waals surface area contributed by atoms with Gasteiger partial charge in [0, 0.05) is 26.0 Å². The van der Waals surface area contributed by atoms with Crippen LogP contribution in [0.15, 0.2) is 84.0 Å². The SMILES string of the molecule is CN(CC(=O)N(CCc1ccccc1)c1nc2ccccc2s1)S(=O)(=O)c1cccnc1. The fourth-order valence-electron chi connectivity index (χ4n) is 3.23. The Morgan fingerprint density at radius 1 is 1.00 bits per heavy atom.